The highest BCUT2D eigenvalue weighted by Crippen LogP contribution is 2.23. The minimum atomic E-state index is -0.846. The Kier molecular flexibility index (Phi) is 4.65. The van der Waals surface area contributed by atoms with Crippen LogP contribution in [0.15, 0.2) is 35.5 Å². The lowest BCUT2D eigenvalue weighted by atomic mass is 9.96. The third kappa shape index (κ3) is 4.11. The van der Waals surface area contributed by atoms with Gasteiger partial charge in [0.05, 0.1) is 11.9 Å². The topological polar surface area (TPSA) is 107 Å². The van der Waals surface area contributed by atoms with Crippen molar-refractivity contribution >= 4 is 23.1 Å². The Morgan fingerprint density at radius 2 is 2.15 bits per heavy atom. The van der Waals surface area contributed by atoms with Gasteiger partial charge in [-0.1, -0.05) is 20.8 Å². The number of rotatable bonds is 4. The van der Waals surface area contributed by atoms with Gasteiger partial charge < -0.3 is 15.3 Å². The van der Waals surface area contributed by atoms with E-state index >= 15 is 0 Å². The number of carbonyl (C=O) groups is 1. The van der Waals surface area contributed by atoms with Gasteiger partial charge in [-0.05, 0) is 17.6 Å². The molecule has 0 aliphatic heterocycles. The van der Waals surface area contributed by atoms with Crippen molar-refractivity contribution in [2.45, 2.75) is 27.3 Å². The minimum Gasteiger partial charge on any atom is -0.366 e. The highest BCUT2D eigenvalue weighted by Gasteiger charge is 2.16. The molecule has 3 aromatic rings. The van der Waals surface area contributed by atoms with Gasteiger partial charge in [0.15, 0.2) is 11.5 Å². The first-order valence-corrected chi connectivity index (χ1v) is 8.36. The van der Waals surface area contributed by atoms with Crippen LogP contribution in [0, 0.1) is 11.2 Å². The molecule has 3 rings (SSSR count). The monoisotopic (exact) mass is 369 g/mol. The van der Waals surface area contributed by atoms with Crippen LogP contribution in [0.2, 0.25) is 0 Å². The van der Waals surface area contributed by atoms with E-state index in [1.165, 1.54) is 22.9 Å². The molecule has 0 spiro atoms. The van der Waals surface area contributed by atoms with Crippen molar-refractivity contribution in [1.82, 2.24) is 19.5 Å². The fraction of sp³-hybridized carbons (Fsp3) is 0.263. The number of nitrogens with two attached hydrogens (primary N) is 1. The fourth-order valence-corrected chi connectivity index (χ4v) is 2.72. The zero-order chi connectivity index (χ0) is 19.8. The fourth-order valence-electron chi connectivity index (χ4n) is 2.72. The lowest BCUT2D eigenvalue weighted by Crippen LogP contribution is -2.28. The second kappa shape index (κ2) is 6.79. The molecule has 0 saturated carbocycles. The second-order valence-corrected chi connectivity index (χ2v) is 7.50. The largest absolute Gasteiger partial charge is 0.366 e. The van der Waals surface area contributed by atoms with Gasteiger partial charge in [0.1, 0.15) is 5.52 Å². The molecule has 27 heavy (non-hydrogen) atoms. The first-order chi connectivity index (χ1) is 12.6. The van der Waals surface area contributed by atoms with Crippen molar-refractivity contribution in [2.75, 3.05) is 0 Å². The molecule has 0 fully saturated rings. The maximum Gasteiger partial charge on any atom is 0.286 e. The molecule has 3 heterocycles. The number of hydrogen-bond donors (Lipinski definition) is 2. The maximum atomic E-state index is 14.2. The third-order valence-electron chi connectivity index (χ3n) is 3.82. The van der Waals surface area contributed by atoms with Gasteiger partial charge in [0.2, 0.25) is 5.91 Å². The summed E-state index contributed by atoms with van der Waals surface area (Å²) in [5, 5.41) is 0. The van der Waals surface area contributed by atoms with Gasteiger partial charge >= 0.3 is 0 Å². The van der Waals surface area contributed by atoms with Crippen LogP contribution < -0.4 is 11.3 Å². The van der Waals surface area contributed by atoms with Crippen molar-refractivity contribution in [1.29, 1.82) is 0 Å². The molecule has 1 amide bonds. The van der Waals surface area contributed by atoms with E-state index in [2.05, 4.69) is 15.0 Å². The first kappa shape index (κ1) is 18.5. The molecule has 0 aliphatic rings. The quantitative estimate of drug-likeness (QED) is 0.689. The summed E-state index contributed by atoms with van der Waals surface area (Å²) in [6.07, 6.45) is 7.48. The average Bonchev–Trinajstić information content (AvgIpc) is 2.98. The molecule has 3 aromatic heterocycles. The number of primary amides is 1. The van der Waals surface area contributed by atoms with Gasteiger partial charge in [0, 0.05) is 36.1 Å². The summed E-state index contributed by atoms with van der Waals surface area (Å²) >= 11 is 0. The zero-order valence-electron chi connectivity index (χ0n) is 15.3. The number of fused-ring (bicyclic) bond motifs is 1. The SMILES string of the molecule is CC(C)(C)Cn1cc(-c2cnc3[nH]cc(/C=C/C(N)=O)c3n2)cc(F)c1=O. The summed E-state index contributed by atoms with van der Waals surface area (Å²) in [5.74, 6) is -1.42. The average molecular weight is 369 g/mol. The van der Waals surface area contributed by atoms with Crippen LogP contribution in [0.5, 0.6) is 0 Å². The molecular formula is C19H20FN5O2. The van der Waals surface area contributed by atoms with Crippen LogP contribution in [0.3, 0.4) is 0 Å². The Morgan fingerprint density at radius 3 is 2.81 bits per heavy atom. The molecule has 7 nitrogen and oxygen atoms in total. The number of nitrogens with zero attached hydrogens (tertiary/aromatic N) is 3. The number of aromatic nitrogens is 4. The molecule has 3 N–H and O–H groups in total. The van der Waals surface area contributed by atoms with Gasteiger partial charge in [-0.2, -0.15) is 0 Å². The molecule has 0 radical (unpaired) electrons. The highest BCUT2D eigenvalue weighted by molar-refractivity contribution is 5.93. The van der Waals surface area contributed by atoms with Crippen LogP contribution in [-0.4, -0.2) is 25.4 Å². The van der Waals surface area contributed by atoms with E-state index in [4.69, 9.17) is 5.73 Å². The smallest absolute Gasteiger partial charge is 0.286 e. The van der Waals surface area contributed by atoms with E-state index in [0.29, 0.717) is 34.5 Å². The summed E-state index contributed by atoms with van der Waals surface area (Å²) in [6, 6.07) is 1.16. The summed E-state index contributed by atoms with van der Waals surface area (Å²) in [6.45, 7) is 6.26. The van der Waals surface area contributed by atoms with Gasteiger partial charge in [0.25, 0.3) is 5.56 Å². The summed E-state index contributed by atoms with van der Waals surface area (Å²) in [4.78, 5) is 34.8. The van der Waals surface area contributed by atoms with E-state index in [1.54, 1.807) is 12.4 Å². The molecule has 8 heteroatoms. The molecule has 0 atom stereocenters. The number of amides is 1. The van der Waals surface area contributed by atoms with E-state index in [9.17, 15) is 14.0 Å². The molecule has 0 bridgehead atoms. The Hall–Kier alpha value is -3.29. The number of pyridine rings is 1. The van der Waals surface area contributed by atoms with E-state index in [-0.39, 0.29) is 5.41 Å². The zero-order valence-corrected chi connectivity index (χ0v) is 15.3. The summed E-state index contributed by atoms with van der Waals surface area (Å²) < 4.78 is 15.5. The van der Waals surface area contributed by atoms with Crippen LogP contribution >= 0.6 is 0 Å². The second-order valence-electron chi connectivity index (χ2n) is 7.50. The Labute approximate surface area is 154 Å². The standard InChI is InChI=1S/C19H20FN5O2/c1-19(2,3)10-25-9-12(6-13(20)18(25)27)14-8-23-17-16(24-14)11(7-22-17)4-5-15(21)26/h4-9H,10H2,1-3H3,(H2,21,26)(H,22,23)/b5-4+. The first-order valence-electron chi connectivity index (χ1n) is 8.36. The Morgan fingerprint density at radius 1 is 1.41 bits per heavy atom. The number of hydrogen-bond acceptors (Lipinski definition) is 4. The number of aromatic amines is 1. The van der Waals surface area contributed by atoms with Crippen molar-refractivity contribution in [3.8, 4) is 11.3 Å². The van der Waals surface area contributed by atoms with Crippen molar-refractivity contribution in [3.63, 3.8) is 0 Å². The van der Waals surface area contributed by atoms with Gasteiger partial charge in [-0.3, -0.25) is 9.59 Å². The van der Waals surface area contributed by atoms with Crippen LogP contribution in [0.4, 0.5) is 4.39 Å². The molecule has 140 valence electrons. The number of carbonyl (C=O) groups excluding carboxylic acids is 1. The molecular weight excluding hydrogens is 349 g/mol. The van der Waals surface area contributed by atoms with E-state index in [0.717, 1.165) is 6.07 Å². The number of nitrogens with one attached hydrogen (secondary N) is 1. The lowest BCUT2D eigenvalue weighted by Gasteiger charge is -2.20. The van der Waals surface area contributed by atoms with Crippen molar-refractivity contribution in [3.05, 3.63) is 52.5 Å². The van der Waals surface area contributed by atoms with Crippen LogP contribution in [0.25, 0.3) is 28.5 Å². The van der Waals surface area contributed by atoms with Crippen LogP contribution in [0.1, 0.15) is 26.3 Å². The maximum absolute atomic E-state index is 14.2. The lowest BCUT2D eigenvalue weighted by molar-refractivity contribution is -0.113. The molecule has 0 aromatic carbocycles. The number of H-pyrrole nitrogens is 1. The summed E-state index contributed by atoms with van der Waals surface area (Å²) in [5.41, 5.74) is 6.77. The predicted octanol–water partition coefficient (Wildman–Crippen LogP) is 2.47. The minimum absolute atomic E-state index is 0.197. The molecule has 0 unspecified atom stereocenters. The highest BCUT2D eigenvalue weighted by atomic mass is 19.1. The molecule has 0 aliphatic carbocycles. The van der Waals surface area contributed by atoms with Crippen LogP contribution in [-0.2, 0) is 11.3 Å². The van der Waals surface area contributed by atoms with E-state index < -0.39 is 17.3 Å². The third-order valence-corrected chi connectivity index (χ3v) is 3.82. The van der Waals surface area contributed by atoms with Crippen molar-refractivity contribution in [2.24, 2.45) is 11.1 Å². The normalized spacial score (nSPS) is 12.1. The number of halogens is 1. The van der Waals surface area contributed by atoms with Crippen molar-refractivity contribution < 1.29 is 9.18 Å². The Balaban J connectivity index is 2.11. The van der Waals surface area contributed by atoms with Gasteiger partial charge in [-0.15, -0.1) is 0 Å². The van der Waals surface area contributed by atoms with E-state index in [1.807, 2.05) is 20.8 Å². The van der Waals surface area contributed by atoms with Gasteiger partial charge in [-0.25, -0.2) is 14.4 Å². The predicted molar refractivity (Wildman–Crippen MR) is 101 cm³/mol. The Bertz CT molecular complexity index is 1110. The molecule has 0 saturated heterocycles. The summed E-state index contributed by atoms with van der Waals surface area (Å²) in [7, 11) is 0.